The molecule has 0 N–H and O–H groups in total. The van der Waals surface area contributed by atoms with E-state index in [-0.39, 0.29) is 17.8 Å². The van der Waals surface area contributed by atoms with Crippen LogP contribution >= 0.6 is 0 Å². The van der Waals surface area contributed by atoms with Gasteiger partial charge in [-0.2, -0.15) is 0 Å². The van der Waals surface area contributed by atoms with Gasteiger partial charge in [0, 0.05) is 25.1 Å². The van der Waals surface area contributed by atoms with E-state index in [9.17, 15) is 9.59 Å². The third kappa shape index (κ3) is 2.16. The molecular formula is C13H15NO3. The van der Waals surface area contributed by atoms with Crippen LogP contribution in [0.15, 0.2) is 24.3 Å². The highest BCUT2D eigenvalue weighted by Crippen LogP contribution is 2.37. The summed E-state index contributed by atoms with van der Waals surface area (Å²) in [4.78, 5) is 24.6. The molecule has 0 aromatic heterocycles. The number of carbonyl (C=O) groups excluding carboxylic acids is 2. The van der Waals surface area contributed by atoms with Crippen LogP contribution in [0.25, 0.3) is 0 Å². The summed E-state index contributed by atoms with van der Waals surface area (Å²) in [5.41, 5.74) is 1.96. The standard InChI is InChI=1S/C13H15NO3/c1-9(15)14-8-10(7-13(16)17-2)11-5-3-4-6-12(11)14/h3-6,10H,7-8H2,1-2H3. The van der Waals surface area contributed by atoms with Crippen molar-refractivity contribution in [1.82, 2.24) is 0 Å². The summed E-state index contributed by atoms with van der Waals surface area (Å²) in [6.07, 6.45) is 0.317. The summed E-state index contributed by atoms with van der Waals surface area (Å²) >= 11 is 0. The van der Waals surface area contributed by atoms with E-state index >= 15 is 0 Å². The van der Waals surface area contributed by atoms with Crippen LogP contribution < -0.4 is 4.90 Å². The van der Waals surface area contributed by atoms with E-state index in [2.05, 4.69) is 4.74 Å². The summed E-state index contributed by atoms with van der Waals surface area (Å²) in [7, 11) is 1.38. The molecule has 90 valence electrons. The first-order valence-corrected chi connectivity index (χ1v) is 5.57. The lowest BCUT2D eigenvalue weighted by molar-refractivity contribution is -0.141. The van der Waals surface area contributed by atoms with Crippen molar-refractivity contribution < 1.29 is 14.3 Å². The van der Waals surface area contributed by atoms with E-state index in [4.69, 9.17) is 0 Å². The monoisotopic (exact) mass is 233 g/mol. The van der Waals surface area contributed by atoms with Crippen molar-refractivity contribution in [2.24, 2.45) is 0 Å². The lowest BCUT2D eigenvalue weighted by atomic mass is 9.98. The molecule has 1 aliphatic heterocycles. The molecule has 1 aromatic rings. The second kappa shape index (κ2) is 4.57. The van der Waals surface area contributed by atoms with Gasteiger partial charge in [0.1, 0.15) is 0 Å². The van der Waals surface area contributed by atoms with E-state index in [1.165, 1.54) is 14.0 Å². The number of rotatable bonds is 2. The lowest BCUT2D eigenvalue weighted by Gasteiger charge is -2.14. The minimum atomic E-state index is -0.241. The largest absolute Gasteiger partial charge is 0.469 e. The van der Waals surface area contributed by atoms with Gasteiger partial charge in [0.05, 0.1) is 13.5 Å². The van der Waals surface area contributed by atoms with E-state index in [0.717, 1.165) is 11.3 Å². The first-order chi connectivity index (χ1) is 8.13. The number of methoxy groups -OCH3 is 1. The molecule has 4 nitrogen and oxygen atoms in total. The molecule has 4 heteroatoms. The quantitative estimate of drug-likeness (QED) is 0.730. The molecule has 2 rings (SSSR count). The molecule has 17 heavy (non-hydrogen) atoms. The second-order valence-corrected chi connectivity index (χ2v) is 4.17. The number of hydrogen-bond donors (Lipinski definition) is 0. The first kappa shape index (κ1) is 11.6. The molecule has 0 aliphatic carbocycles. The molecule has 1 atom stereocenters. The van der Waals surface area contributed by atoms with Crippen LogP contribution in [0, 0.1) is 0 Å². The number of amides is 1. The number of ether oxygens (including phenoxy) is 1. The maximum absolute atomic E-state index is 11.5. The Morgan fingerprint density at radius 1 is 1.41 bits per heavy atom. The molecule has 0 fully saturated rings. The number of anilines is 1. The number of carbonyl (C=O) groups is 2. The number of fused-ring (bicyclic) bond motifs is 1. The summed E-state index contributed by atoms with van der Waals surface area (Å²) in [6.45, 7) is 2.10. The smallest absolute Gasteiger partial charge is 0.306 e. The Labute approximate surface area is 100 Å². The fourth-order valence-corrected chi connectivity index (χ4v) is 2.25. The third-order valence-corrected chi connectivity index (χ3v) is 3.09. The highest BCUT2D eigenvalue weighted by Gasteiger charge is 2.31. The van der Waals surface area contributed by atoms with Gasteiger partial charge < -0.3 is 9.64 Å². The number of esters is 1. The van der Waals surface area contributed by atoms with Gasteiger partial charge in [-0.15, -0.1) is 0 Å². The number of benzene rings is 1. The molecule has 1 aliphatic rings. The fourth-order valence-electron chi connectivity index (χ4n) is 2.25. The van der Waals surface area contributed by atoms with Crippen molar-refractivity contribution in [3.8, 4) is 0 Å². The van der Waals surface area contributed by atoms with Gasteiger partial charge in [-0.05, 0) is 11.6 Å². The molecule has 0 radical (unpaired) electrons. The Bertz CT molecular complexity index is 456. The molecular weight excluding hydrogens is 218 g/mol. The SMILES string of the molecule is COC(=O)CC1CN(C(C)=O)c2ccccc21. The number of para-hydroxylation sites is 1. The summed E-state index contributed by atoms with van der Waals surface area (Å²) in [6, 6.07) is 7.70. The predicted molar refractivity (Wildman–Crippen MR) is 63.8 cm³/mol. The lowest BCUT2D eigenvalue weighted by Crippen LogP contribution is -2.27. The van der Waals surface area contributed by atoms with Gasteiger partial charge in [-0.25, -0.2) is 0 Å². The van der Waals surface area contributed by atoms with E-state index in [0.29, 0.717) is 13.0 Å². The Balaban J connectivity index is 2.28. The molecule has 0 spiro atoms. The highest BCUT2D eigenvalue weighted by atomic mass is 16.5. The van der Waals surface area contributed by atoms with Gasteiger partial charge in [0.25, 0.3) is 0 Å². The zero-order valence-electron chi connectivity index (χ0n) is 9.97. The minimum Gasteiger partial charge on any atom is -0.469 e. The fraction of sp³-hybridized carbons (Fsp3) is 0.385. The van der Waals surface area contributed by atoms with Gasteiger partial charge >= 0.3 is 5.97 Å². The predicted octanol–water partition coefficient (Wildman–Crippen LogP) is 1.70. The van der Waals surface area contributed by atoms with Crippen LogP contribution in [-0.4, -0.2) is 25.5 Å². The normalized spacial score (nSPS) is 17.8. The minimum absolute atomic E-state index is 0.00446. The topological polar surface area (TPSA) is 46.6 Å². The molecule has 0 bridgehead atoms. The molecule has 1 heterocycles. The van der Waals surface area contributed by atoms with Crippen LogP contribution in [-0.2, 0) is 14.3 Å². The first-order valence-electron chi connectivity index (χ1n) is 5.57. The van der Waals surface area contributed by atoms with Crippen molar-refractivity contribution in [2.75, 3.05) is 18.6 Å². The number of hydrogen-bond acceptors (Lipinski definition) is 3. The van der Waals surface area contributed by atoms with Crippen LogP contribution in [0.2, 0.25) is 0 Å². The van der Waals surface area contributed by atoms with Crippen LogP contribution in [0.4, 0.5) is 5.69 Å². The van der Waals surface area contributed by atoms with Crippen LogP contribution in [0.3, 0.4) is 0 Å². The molecule has 1 unspecified atom stereocenters. The molecule has 0 saturated carbocycles. The van der Waals surface area contributed by atoms with Crippen LogP contribution in [0.1, 0.15) is 24.8 Å². The average Bonchev–Trinajstić information content (AvgIpc) is 2.68. The molecule has 1 aromatic carbocycles. The van der Waals surface area contributed by atoms with Crippen molar-refractivity contribution >= 4 is 17.6 Å². The Kier molecular flexibility index (Phi) is 3.13. The maximum atomic E-state index is 11.5. The Morgan fingerprint density at radius 3 is 2.76 bits per heavy atom. The van der Waals surface area contributed by atoms with E-state index in [1.807, 2.05) is 24.3 Å². The van der Waals surface area contributed by atoms with Crippen molar-refractivity contribution in [1.29, 1.82) is 0 Å². The second-order valence-electron chi connectivity index (χ2n) is 4.17. The third-order valence-electron chi connectivity index (χ3n) is 3.09. The summed E-state index contributed by atoms with van der Waals surface area (Å²) in [5.74, 6) is -0.192. The zero-order chi connectivity index (χ0) is 12.4. The average molecular weight is 233 g/mol. The zero-order valence-corrected chi connectivity index (χ0v) is 9.97. The molecule has 0 saturated heterocycles. The van der Waals surface area contributed by atoms with Gasteiger partial charge in [0.2, 0.25) is 5.91 Å². The summed E-state index contributed by atoms with van der Waals surface area (Å²) < 4.78 is 4.68. The highest BCUT2D eigenvalue weighted by molar-refractivity contribution is 5.94. The van der Waals surface area contributed by atoms with Gasteiger partial charge in [-0.1, -0.05) is 18.2 Å². The maximum Gasteiger partial charge on any atom is 0.306 e. The Hall–Kier alpha value is -1.84. The number of nitrogens with zero attached hydrogens (tertiary/aromatic N) is 1. The van der Waals surface area contributed by atoms with Gasteiger partial charge in [-0.3, -0.25) is 9.59 Å². The van der Waals surface area contributed by atoms with Crippen LogP contribution in [0.5, 0.6) is 0 Å². The van der Waals surface area contributed by atoms with Gasteiger partial charge in [0.15, 0.2) is 0 Å². The van der Waals surface area contributed by atoms with E-state index in [1.54, 1.807) is 4.90 Å². The van der Waals surface area contributed by atoms with Crippen molar-refractivity contribution in [2.45, 2.75) is 19.3 Å². The molecule has 1 amide bonds. The van der Waals surface area contributed by atoms with Crippen molar-refractivity contribution in [3.63, 3.8) is 0 Å². The Morgan fingerprint density at radius 2 is 2.12 bits per heavy atom. The summed E-state index contributed by atoms with van der Waals surface area (Å²) in [5, 5.41) is 0. The van der Waals surface area contributed by atoms with Crippen molar-refractivity contribution in [3.05, 3.63) is 29.8 Å². The van der Waals surface area contributed by atoms with E-state index < -0.39 is 0 Å².